The Morgan fingerprint density at radius 2 is 2.19 bits per heavy atom. The topological polar surface area (TPSA) is 26.3 Å². The zero-order valence-electron chi connectivity index (χ0n) is 9.49. The second-order valence-electron chi connectivity index (χ2n) is 4.35. The molecule has 1 aromatic rings. The predicted molar refractivity (Wildman–Crippen MR) is 65.4 cm³/mol. The van der Waals surface area contributed by atoms with Gasteiger partial charge in [-0.05, 0) is 44.1 Å². The summed E-state index contributed by atoms with van der Waals surface area (Å²) >= 11 is 1.67. The van der Waals surface area contributed by atoms with Gasteiger partial charge in [-0.1, -0.05) is 12.6 Å². The van der Waals surface area contributed by atoms with Crippen LogP contribution in [0.5, 0.6) is 0 Å². The number of carbonyl (C=O) groups excluding carboxylic acids is 1. The summed E-state index contributed by atoms with van der Waals surface area (Å²) in [6.07, 6.45) is 4.13. The van der Waals surface area contributed by atoms with Gasteiger partial charge in [-0.15, -0.1) is 11.3 Å². The molecule has 1 aliphatic carbocycles. The first kappa shape index (κ1) is 11.4. The number of carbonyl (C=O) groups is 1. The van der Waals surface area contributed by atoms with Crippen LogP contribution in [0.2, 0.25) is 0 Å². The molecule has 0 spiro atoms. The molecule has 0 aromatic carbocycles. The lowest BCUT2D eigenvalue weighted by Crippen LogP contribution is -2.28. The van der Waals surface area contributed by atoms with Gasteiger partial charge in [0.2, 0.25) is 0 Å². The van der Waals surface area contributed by atoms with Crippen LogP contribution in [0.4, 0.5) is 0 Å². The molecule has 0 unspecified atom stereocenters. The maximum Gasteiger partial charge on any atom is 0.334 e. The van der Waals surface area contributed by atoms with Crippen molar-refractivity contribution < 1.29 is 9.53 Å². The number of rotatable bonds is 3. The quantitative estimate of drug-likeness (QED) is 0.591. The fourth-order valence-electron chi connectivity index (χ4n) is 2.15. The third-order valence-electron chi connectivity index (χ3n) is 3.02. The van der Waals surface area contributed by atoms with Gasteiger partial charge in [0.25, 0.3) is 0 Å². The van der Waals surface area contributed by atoms with Crippen LogP contribution >= 0.6 is 11.3 Å². The van der Waals surface area contributed by atoms with E-state index in [2.05, 4.69) is 12.6 Å². The van der Waals surface area contributed by atoms with Crippen molar-refractivity contribution in [2.24, 2.45) is 0 Å². The summed E-state index contributed by atoms with van der Waals surface area (Å²) in [6, 6.07) is 4.07. The maximum atomic E-state index is 11.7. The van der Waals surface area contributed by atoms with E-state index in [9.17, 15) is 4.79 Å². The minimum atomic E-state index is -0.371. The Morgan fingerprint density at radius 3 is 2.69 bits per heavy atom. The first-order valence-corrected chi connectivity index (χ1v) is 6.45. The predicted octanol–water partition coefficient (Wildman–Crippen LogP) is 3.64. The van der Waals surface area contributed by atoms with E-state index in [1.807, 2.05) is 11.4 Å². The van der Waals surface area contributed by atoms with E-state index < -0.39 is 0 Å². The highest BCUT2D eigenvalue weighted by Crippen LogP contribution is 2.44. The highest BCUT2D eigenvalue weighted by atomic mass is 32.1. The van der Waals surface area contributed by atoms with Crippen molar-refractivity contribution in [1.29, 1.82) is 0 Å². The molecule has 0 amide bonds. The molecule has 1 heterocycles. The Balaban J connectivity index is 2.23. The second kappa shape index (κ2) is 4.42. The van der Waals surface area contributed by atoms with Crippen molar-refractivity contribution >= 4 is 17.3 Å². The van der Waals surface area contributed by atoms with Gasteiger partial charge in [0.15, 0.2) is 0 Å². The van der Waals surface area contributed by atoms with Crippen LogP contribution < -0.4 is 0 Å². The SMILES string of the molecule is C=C(C)C(=O)OC1(c2cccs2)CCCC1. The minimum Gasteiger partial charge on any atom is -0.450 e. The molecule has 1 fully saturated rings. The molecule has 86 valence electrons. The van der Waals surface area contributed by atoms with E-state index in [4.69, 9.17) is 4.74 Å². The summed E-state index contributed by atoms with van der Waals surface area (Å²) in [5.74, 6) is -0.268. The van der Waals surface area contributed by atoms with Gasteiger partial charge in [0, 0.05) is 10.5 Å². The van der Waals surface area contributed by atoms with Gasteiger partial charge in [-0.2, -0.15) is 0 Å². The number of thiophene rings is 1. The lowest BCUT2D eigenvalue weighted by Gasteiger charge is -2.28. The Hall–Kier alpha value is -1.09. The van der Waals surface area contributed by atoms with Crippen LogP contribution in [0, 0.1) is 0 Å². The fourth-order valence-corrected chi connectivity index (χ4v) is 3.07. The Bertz CT molecular complexity index is 386. The van der Waals surface area contributed by atoms with Crippen LogP contribution in [-0.4, -0.2) is 5.97 Å². The summed E-state index contributed by atoms with van der Waals surface area (Å²) in [4.78, 5) is 12.8. The fraction of sp³-hybridized carbons (Fsp3) is 0.462. The summed E-state index contributed by atoms with van der Waals surface area (Å²) in [5, 5.41) is 2.03. The average molecular weight is 236 g/mol. The Labute approximate surface area is 99.9 Å². The van der Waals surface area contributed by atoms with E-state index >= 15 is 0 Å². The molecule has 2 rings (SSSR count). The molecule has 0 radical (unpaired) electrons. The van der Waals surface area contributed by atoms with Crippen molar-refractivity contribution in [3.8, 4) is 0 Å². The highest BCUT2D eigenvalue weighted by Gasteiger charge is 2.40. The highest BCUT2D eigenvalue weighted by molar-refractivity contribution is 7.10. The summed E-state index contributed by atoms with van der Waals surface area (Å²) < 4.78 is 5.68. The molecular weight excluding hydrogens is 220 g/mol. The number of hydrogen-bond acceptors (Lipinski definition) is 3. The summed E-state index contributed by atoms with van der Waals surface area (Å²) in [5.41, 5.74) is 0.104. The lowest BCUT2D eigenvalue weighted by atomic mass is 10.00. The molecule has 3 heteroatoms. The Morgan fingerprint density at radius 1 is 1.50 bits per heavy atom. The van der Waals surface area contributed by atoms with Gasteiger partial charge in [-0.3, -0.25) is 0 Å². The maximum absolute atomic E-state index is 11.7. The van der Waals surface area contributed by atoms with Gasteiger partial charge >= 0.3 is 5.97 Å². The van der Waals surface area contributed by atoms with Crippen LogP contribution in [-0.2, 0) is 15.1 Å². The van der Waals surface area contributed by atoms with Crippen LogP contribution in [0.3, 0.4) is 0 Å². The lowest BCUT2D eigenvalue weighted by molar-refractivity contribution is -0.155. The van der Waals surface area contributed by atoms with Gasteiger partial charge < -0.3 is 4.74 Å². The summed E-state index contributed by atoms with van der Waals surface area (Å²) in [6.45, 7) is 5.33. The van der Waals surface area contributed by atoms with Crippen molar-refractivity contribution in [1.82, 2.24) is 0 Å². The zero-order valence-corrected chi connectivity index (χ0v) is 10.3. The minimum absolute atomic E-state index is 0.268. The molecule has 0 saturated heterocycles. The number of ether oxygens (including phenoxy) is 1. The third kappa shape index (κ3) is 2.05. The second-order valence-corrected chi connectivity index (χ2v) is 5.30. The van der Waals surface area contributed by atoms with Gasteiger partial charge in [-0.25, -0.2) is 4.79 Å². The van der Waals surface area contributed by atoms with E-state index in [0.29, 0.717) is 5.57 Å². The largest absolute Gasteiger partial charge is 0.450 e. The average Bonchev–Trinajstić information content (AvgIpc) is 2.87. The standard InChI is InChI=1S/C13H16O2S/c1-10(2)12(14)15-13(7-3-4-8-13)11-6-5-9-16-11/h5-6,9H,1,3-4,7-8H2,2H3. The number of hydrogen-bond donors (Lipinski definition) is 0. The molecule has 0 aliphatic heterocycles. The zero-order chi connectivity index (χ0) is 11.6. The van der Waals surface area contributed by atoms with Gasteiger partial charge in [0.1, 0.15) is 5.60 Å². The first-order chi connectivity index (χ1) is 7.64. The van der Waals surface area contributed by atoms with Gasteiger partial charge in [0.05, 0.1) is 0 Å². The van der Waals surface area contributed by atoms with E-state index in [1.54, 1.807) is 18.3 Å². The van der Waals surface area contributed by atoms with E-state index in [-0.39, 0.29) is 11.6 Å². The molecule has 0 atom stereocenters. The monoisotopic (exact) mass is 236 g/mol. The molecule has 1 saturated carbocycles. The van der Waals surface area contributed by atoms with Crippen LogP contribution in [0.15, 0.2) is 29.7 Å². The molecular formula is C13H16O2S. The van der Waals surface area contributed by atoms with Crippen LogP contribution in [0.25, 0.3) is 0 Å². The van der Waals surface area contributed by atoms with Crippen molar-refractivity contribution in [2.75, 3.05) is 0 Å². The van der Waals surface area contributed by atoms with Crippen molar-refractivity contribution in [2.45, 2.75) is 38.2 Å². The molecule has 0 bridgehead atoms. The van der Waals surface area contributed by atoms with Crippen molar-refractivity contribution in [3.05, 3.63) is 34.5 Å². The third-order valence-corrected chi connectivity index (χ3v) is 4.07. The smallest absolute Gasteiger partial charge is 0.334 e. The molecule has 2 nitrogen and oxygen atoms in total. The summed E-state index contributed by atoms with van der Waals surface area (Å²) in [7, 11) is 0. The molecule has 0 N–H and O–H groups in total. The number of esters is 1. The molecule has 16 heavy (non-hydrogen) atoms. The molecule has 1 aromatic heterocycles. The van der Waals surface area contributed by atoms with E-state index in [1.165, 1.54) is 4.88 Å². The van der Waals surface area contributed by atoms with Crippen LogP contribution in [0.1, 0.15) is 37.5 Å². The normalized spacial score (nSPS) is 18.3. The van der Waals surface area contributed by atoms with Crippen molar-refractivity contribution in [3.63, 3.8) is 0 Å². The first-order valence-electron chi connectivity index (χ1n) is 5.57. The Kier molecular flexibility index (Phi) is 3.15. The molecule has 1 aliphatic rings. The van der Waals surface area contributed by atoms with E-state index in [0.717, 1.165) is 25.7 Å².